The monoisotopic (exact) mass is 331 g/mol. The van der Waals surface area contributed by atoms with Crippen molar-refractivity contribution in [1.82, 2.24) is 15.0 Å². The Kier molecular flexibility index (Phi) is 5.96. The van der Waals surface area contributed by atoms with Crippen LogP contribution in [0.15, 0.2) is 34.9 Å². The number of ether oxygens (including phenoxy) is 1. The predicted molar refractivity (Wildman–Crippen MR) is 89.3 cm³/mol. The molecule has 2 heterocycles. The van der Waals surface area contributed by atoms with E-state index in [2.05, 4.69) is 22.0 Å². The highest BCUT2D eigenvalue weighted by atomic mass is 16.5. The average molecular weight is 331 g/mol. The fourth-order valence-electron chi connectivity index (χ4n) is 3.04. The van der Waals surface area contributed by atoms with E-state index < -0.39 is 6.10 Å². The van der Waals surface area contributed by atoms with E-state index in [1.807, 2.05) is 30.3 Å². The Balaban J connectivity index is 1.62. The molecule has 6 nitrogen and oxygen atoms in total. The molecule has 1 aromatic carbocycles. The highest BCUT2D eigenvalue weighted by Gasteiger charge is 2.27. The Hall–Kier alpha value is -1.76. The van der Waals surface area contributed by atoms with Gasteiger partial charge >= 0.3 is 0 Å². The van der Waals surface area contributed by atoms with Crippen molar-refractivity contribution in [2.24, 2.45) is 0 Å². The minimum absolute atomic E-state index is 0.135. The van der Waals surface area contributed by atoms with Gasteiger partial charge in [0, 0.05) is 19.0 Å². The number of hydrogen-bond acceptors (Lipinski definition) is 6. The quantitative estimate of drug-likeness (QED) is 0.840. The number of hydrogen-bond donors (Lipinski definition) is 1. The molecule has 0 saturated carbocycles. The standard InChI is InChI=1S/C18H25N3O3/c1-2-6-17-19-18(24-20-17)12-21-9-10-23-13-15(21)11-16(22)14-7-4-3-5-8-14/h3-5,7-8,15-16,22H,2,6,9-13H2,1H3. The van der Waals surface area contributed by atoms with Crippen LogP contribution in [0.3, 0.4) is 0 Å². The van der Waals surface area contributed by atoms with Crippen LogP contribution in [-0.4, -0.2) is 45.9 Å². The number of aliphatic hydroxyl groups excluding tert-OH is 1. The maximum absolute atomic E-state index is 10.5. The summed E-state index contributed by atoms with van der Waals surface area (Å²) in [5.74, 6) is 1.40. The van der Waals surface area contributed by atoms with Crippen molar-refractivity contribution in [3.63, 3.8) is 0 Å². The van der Waals surface area contributed by atoms with Crippen LogP contribution in [0.25, 0.3) is 0 Å². The Morgan fingerprint density at radius 2 is 2.17 bits per heavy atom. The lowest BCUT2D eigenvalue weighted by Gasteiger charge is -2.35. The fourth-order valence-corrected chi connectivity index (χ4v) is 3.04. The molecular formula is C18H25N3O3. The number of aromatic nitrogens is 2. The third-order valence-electron chi connectivity index (χ3n) is 4.35. The molecule has 0 spiro atoms. The normalized spacial score (nSPS) is 20.2. The maximum atomic E-state index is 10.5. The summed E-state index contributed by atoms with van der Waals surface area (Å²) < 4.78 is 11.0. The first-order valence-corrected chi connectivity index (χ1v) is 8.62. The van der Waals surface area contributed by atoms with Gasteiger partial charge < -0.3 is 14.4 Å². The maximum Gasteiger partial charge on any atom is 0.240 e. The third kappa shape index (κ3) is 4.41. The van der Waals surface area contributed by atoms with Crippen LogP contribution >= 0.6 is 0 Å². The van der Waals surface area contributed by atoms with E-state index in [1.54, 1.807) is 0 Å². The summed E-state index contributed by atoms with van der Waals surface area (Å²) in [5, 5.41) is 14.5. The number of nitrogens with zero attached hydrogens (tertiary/aromatic N) is 3. The second-order valence-corrected chi connectivity index (χ2v) is 6.22. The van der Waals surface area contributed by atoms with Crippen molar-refractivity contribution in [2.45, 2.75) is 44.9 Å². The number of aryl methyl sites for hydroxylation is 1. The molecule has 6 heteroatoms. The zero-order valence-corrected chi connectivity index (χ0v) is 14.1. The second-order valence-electron chi connectivity index (χ2n) is 6.22. The van der Waals surface area contributed by atoms with Crippen molar-refractivity contribution < 1.29 is 14.4 Å². The Bertz CT molecular complexity index is 617. The molecule has 24 heavy (non-hydrogen) atoms. The van der Waals surface area contributed by atoms with Crippen LogP contribution in [0.4, 0.5) is 0 Å². The molecule has 0 bridgehead atoms. The van der Waals surface area contributed by atoms with E-state index in [0.717, 1.165) is 30.8 Å². The first-order valence-electron chi connectivity index (χ1n) is 8.62. The molecule has 1 fully saturated rings. The van der Waals surface area contributed by atoms with Gasteiger partial charge in [0.1, 0.15) is 0 Å². The average Bonchev–Trinajstić information content (AvgIpc) is 3.05. The van der Waals surface area contributed by atoms with Gasteiger partial charge in [0.25, 0.3) is 0 Å². The molecule has 1 aromatic heterocycles. The van der Waals surface area contributed by atoms with Gasteiger partial charge in [-0.2, -0.15) is 4.98 Å². The minimum atomic E-state index is -0.501. The zero-order valence-electron chi connectivity index (χ0n) is 14.1. The highest BCUT2D eigenvalue weighted by molar-refractivity contribution is 5.17. The molecule has 1 aliphatic rings. The van der Waals surface area contributed by atoms with Crippen LogP contribution < -0.4 is 0 Å². The van der Waals surface area contributed by atoms with E-state index in [4.69, 9.17) is 9.26 Å². The van der Waals surface area contributed by atoms with Crippen molar-refractivity contribution in [2.75, 3.05) is 19.8 Å². The molecule has 1 aliphatic heterocycles. The van der Waals surface area contributed by atoms with Crippen molar-refractivity contribution >= 4 is 0 Å². The van der Waals surface area contributed by atoms with E-state index in [9.17, 15) is 5.11 Å². The molecule has 1 N–H and O–H groups in total. The van der Waals surface area contributed by atoms with Crippen LogP contribution in [0.5, 0.6) is 0 Å². The molecule has 0 radical (unpaired) electrons. The first kappa shape index (κ1) is 17.1. The number of morpholine rings is 1. The lowest BCUT2D eigenvalue weighted by molar-refractivity contribution is -0.0335. The molecule has 0 aliphatic carbocycles. The molecule has 3 rings (SSSR count). The van der Waals surface area contributed by atoms with Crippen LogP contribution in [-0.2, 0) is 17.7 Å². The summed E-state index contributed by atoms with van der Waals surface area (Å²) in [6, 6.07) is 9.88. The molecular weight excluding hydrogens is 306 g/mol. The summed E-state index contributed by atoms with van der Waals surface area (Å²) in [6.45, 7) is 4.80. The molecule has 2 atom stereocenters. The number of rotatable bonds is 7. The lowest BCUT2D eigenvalue weighted by Crippen LogP contribution is -2.45. The topological polar surface area (TPSA) is 71.6 Å². The van der Waals surface area contributed by atoms with Crippen LogP contribution in [0.1, 0.15) is 43.1 Å². The number of aliphatic hydroxyl groups is 1. The summed E-state index contributed by atoms with van der Waals surface area (Å²) in [6.07, 6.45) is 1.96. The SMILES string of the molecule is CCCc1noc(CN2CCOCC2CC(O)c2ccccc2)n1. The molecule has 1 saturated heterocycles. The predicted octanol–water partition coefficient (Wildman–Crippen LogP) is 2.35. The largest absolute Gasteiger partial charge is 0.388 e. The Morgan fingerprint density at radius 3 is 2.96 bits per heavy atom. The number of benzene rings is 1. The van der Waals surface area contributed by atoms with Gasteiger partial charge in [-0.1, -0.05) is 42.4 Å². The Labute approximate surface area is 142 Å². The van der Waals surface area contributed by atoms with Gasteiger partial charge in [-0.15, -0.1) is 0 Å². The van der Waals surface area contributed by atoms with Crippen molar-refractivity contribution in [3.05, 3.63) is 47.6 Å². The van der Waals surface area contributed by atoms with E-state index in [-0.39, 0.29) is 6.04 Å². The second kappa shape index (κ2) is 8.37. The van der Waals surface area contributed by atoms with Gasteiger partial charge in [-0.25, -0.2) is 0 Å². The first-order chi connectivity index (χ1) is 11.8. The van der Waals surface area contributed by atoms with Gasteiger partial charge in [0.2, 0.25) is 5.89 Å². The molecule has 130 valence electrons. The van der Waals surface area contributed by atoms with E-state index >= 15 is 0 Å². The fraction of sp³-hybridized carbons (Fsp3) is 0.556. The molecule has 2 unspecified atom stereocenters. The van der Waals surface area contributed by atoms with E-state index in [0.29, 0.717) is 32.1 Å². The van der Waals surface area contributed by atoms with Crippen molar-refractivity contribution in [3.8, 4) is 0 Å². The van der Waals surface area contributed by atoms with Gasteiger partial charge in [0.15, 0.2) is 5.82 Å². The van der Waals surface area contributed by atoms with Gasteiger partial charge in [-0.3, -0.25) is 4.90 Å². The smallest absolute Gasteiger partial charge is 0.240 e. The summed E-state index contributed by atoms with van der Waals surface area (Å²) in [5.41, 5.74) is 0.936. The van der Waals surface area contributed by atoms with E-state index in [1.165, 1.54) is 0 Å². The van der Waals surface area contributed by atoms with Gasteiger partial charge in [0.05, 0.1) is 25.9 Å². The summed E-state index contributed by atoms with van der Waals surface area (Å²) >= 11 is 0. The van der Waals surface area contributed by atoms with Crippen LogP contribution in [0, 0.1) is 0 Å². The highest BCUT2D eigenvalue weighted by Crippen LogP contribution is 2.23. The van der Waals surface area contributed by atoms with Gasteiger partial charge in [-0.05, 0) is 18.4 Å². The van der Waals surface area contributed by atoms with Crippen LogP contribution in [0.2, 0.25) is 0 Å². The molecule has 0 amide bonds. The summed E-state index contributed by atoms with van der Waals surface area (Å²) in [7, 11) is 0. The lowest BCUT2D eigenvalue weighted by atomic mass is 10.0. The minimum Gasteiger partial charge on any atom is -0.388 e. The Morgan fingerprint density at radius 1 is 1.33 bits per heavy atom. The molecule has 2 aromatic rings. The summed E-state index contributed by atoms with van der Waals surface area (Å²) in [4.78, 5) is 6.71. The zero-order chi connectivity index (χ0) is 16.8. The van der Waals surface area contributed by atoms with Crippen molar-refractivity contribution in [1.29, 1.82) is 0 Å². The third-order valence-corrected chi connectivity index (χ3v) is 4.35.